The predicted molar refractivity (Wildman–Crippen MR) is 118 cm³/mol. The van der Waals surface area contributed by atoms with Crippen LogP contribution >= 0.6 is 0 Å². The van der Waals surface area contributed by atoms with Gasteiger partial charge in [0.25, 0.3) is 5.91 Å². The number of likely N-dealkylation sites (tertiary alicyclic amines) is 1. The summed E-state index contributed by atoms with van der Waals surface area (Å²) in [5.41, 5.74) is 2.79. The van der Waals surface area contributed by atoms with Crippen molar-refractivity contribution in [2.45, 2.75) is 51.3 Å². The number of amides is 1. The van der Waals surface area contributed by atoms with Crippen molar-refractivity contribution < 1.29 is 27.5 Å². The van der Waals surface area contributed by atoms with E-state index in [-0.39, 0.29) is 19.1 Å². The summed E-state index contributed by atoms with van der Waals surface area (Å²) in [5.74, 6) is 0.678. The number of hydrogen-bond acceptors (Lipinski definition) is 4. The van der Waals surface area contributed by atoms with Gasteiger partial charge < -0.3 is 14.5 Å². The van der Waals surface area contributed by atoms with Crippen LogP contribution in [0.3, 0.4) is 0 Å². The molecule has 1 amide bonds. The molecule has 5 nitrogen and oxygen atoms in total. The van der Waals surface area contributed by atoms with E-state index in [2.05, 4.69) is 5.16 Å². The number of carbonyl (C=O) groups is 1. The lowest BCUT2D eigenvalue weighted by Crippen LogP contribution is -2.38. The van der Waals surface area contributed by atoms with Gasteiger partial charge in [-0.15, -0.1) is 0 Å². The van der Waals surface area contributed by atoms with Crippen molar-refractivity contribution >= 4 is 11.6 Å². The highest BCUT2D eigenvalue weighted by atomic mass is 19.4. The minimum Gasteiger partial charge on any atom is -0.484 e. The summed E-state index contributed by atoms with van der Waals surface area (Å²) < 4.78 is 43.8. The van der Waals surface area contributed by atoms with Crippen LogP contribution in [-0.2, 0) is 28.8 Å². The minimum atomic E-state index is -4.35. The molecular weight excluding hydrogens is 433 g/mol. The third-order valence-corrected chi connectivity index (χ3v) is 6.01. The summed E-state index contributed by atoms with van der Waals surface area (Å²) in [6, 6.07) is 10.6. The van der Waals surface area contributed by atoms with Gasteiger partial charge in [-0.3, -0.25) is 4.79 Å². The SMILES string of the molecule is O=C(COc1ccc2c(c1)CCCC2=NOCc1ccc(C(F)(F)F)cc1)N1CCCCC1. The number of fused-ring (bicyclic) bond motifs is 1. The Bertz CT molecular complexity index is 997. The van der Waals surface area contributed by atoms with E-state index in [1.807, 2.05) is 23.1 Å². The van der Waals surface area contributed by atoms with Crippen LogP contribution in [0.5, 0.6) is 5.75 Å². The van der Waals surface area contributed by atoms with Crippen LogP contribution in [-0.4, -0.2) is 36.2 Å². The molecule has 1 aliphatic carbocycles. The number of aryl methyl sites for hydroxylation is 1. The van der Waals surface area contributed by atoms with E-state index >= 15 is 0 Å². The average Bonchev–Trinajstić information content (AvgIpc) is 2.83. The highest BCUT2D eigenvalue weighted by Crippen LogP contribution is 2.29. The predicted octanol–water partition coefficient (Wildman–Crippen LogP) is 5.35. The number of benzene rings is 2. The second-order valence-corrected chi connectivity index (χ2v) is 8.41. The van der Waals surface area contributed by atoms with Crippen LogP contribution < -0.4 is 4.74 Å². The quantitative estimate of drug-likeness (QED) is 0.546. The van der Waals surface area contributed by atoms with Gasteiger partial charge in [0.1, 0.15) is 12.4 Å². The number of alkyl halides is 3. The number of rotatable bonds is 6. The smallest absolute Gasteiger partial charge is 0.416 e. The number of nitrogens with zero attached hydrogens (tertiary/aromatic N) is 2. The Morgan fingerprint density at radius 1 is 0.970 bits per heavy atom. The van der Waals surface area contributed by atoms with Crippen molar-refractivity contribution in [1.29, 1.82) is 0 Å². The Morgan fingerprint density at radius 3 is 2.45 bits per heavy atom. The van der Waals surface area contributed by atoms with E-state index in [1.54, 1.807) is 0 Å². The first-order chi connectivity index (χ1) is 15.9. The van der Waals surface area contributed by atoms with Crippen LogP contribution in [0.25, 0.3) is 0 Å². The van der Waals surface area contributed by atoms with Crippen LogP contribution in [0.4, 0.5) is 13.2 Å². The van der Waals surface area contributed by atoms with Gasteiger partial charge in [-0.1, -0.05) is 17.3 Å². The van der Waals surface area contributed by atoms with Crippen LogP contribution in [0.15, 0.2) is 47.6 Å². The molecule has 0 atom stereocenters. The maximum Gasteiger partial charge on any atom is 0.416 e. The second kappa shape index (κ2) is 10.3. The van der Waals surface area contributed by atoms with Crippen molar-refractivity contribution in [3.63, 3.8) is 0 Å². The van der Waals surface area contributed by atoms with Gasteiger partial charge in [0, 0.05) is 18.7 Å². The molecule has 4 rings (SSSR count). The number of oxime groups is 1. The van der Waals surface area contributed by atoms with E-state index in [0.717, 1.165) is 74.2 Å². The molecule has 0 unspecified atom stereocenters. The van der Waals surface area contributed by atoms with E-state index in [0.29, 0.717) is 11.3 Å². The molecule has 1 aliphatic heterocycles. The number of carbonyl (C=O) groups excluding carboxylic acids is 1. The molecule has 33 heavy (non-hydrogen) atoms. The zero-order valence-corrected chi connectivity index (χ0v) is 18.4. The normalized spacial score (nSPS) is 17.5. The molecule has 0 aromatic heterocycles. The first kappa shape index (κ1) is 23.1. The van der Waals surface area contributed by atoms with Gasteiger partial charge >= 0.3 is 6.18 Å². The maximum absolute atomic E-state index is 12.7. The van der Waals surface area contributed by atoms with Gasteiger partial charge in [0.15, 0.2) is 6.61 Å². The molecule has 0 saturated carbocycles. The van der Waals surface area contributed by atoms with Crippen molar-refractivity contribution in [3.8, 4) is 5.75 Å². The molecule has 8 heteroatoms. The molecule has 2 aromatic carbocycles. The van der Waals surface area contributed by atoms with E-state index in [4.69, 9.17) is 9.57 Å². The molecule has 176 valence electrons. The molecular formula is C25H27F3N2O3. The zero-order valence-electron chi connectivity index (χ0n) is 18.4. The van der Waals surface area contributed by atoms with Crippen molar-refractivity contribution in [2.24, 2.45) is 5.16 Å². The Morgan fingerprint density at radius 2 is 1.73 bits per heavy atom. The Labute approximate surface area is 191 Å². The Hall–Kier alpha value is -3.03. The number of hydrogen-bond donors (Lipinski definition) is 0. The monoisotopic (exact) mass is 460 g/mol. The van der Waals surface area contributed by atoms with E-state index < -0.39 is 11.7 Å². The second-order valence-electron chi connectivity index (χ2n) is 8.41. The van der Waals surface area contributed by atoms with Crippen molar-refractivity contribution in [2.75, 3.05) is 19.7 Å². The average molecular weight is 460 g/mol. The summed E-state index contributed by atoms with van der Waals surface area (Å²) in [5, 5.41) is 4.25. The Balaban J connectivity index is 1.34. The summed E-state index contributed by atoms with van der Waals surface area (Å²) in [4.78, 5) is 19.6. The van der Waals surface area contributed by atoms with E-state index in [9.17, 15) is 18.0 Å². The molecule has 1 heterocycles. The fourth-order valence-electron chi connectivity index (χ4n) is 4.18. The summed E-state index contributed by atoms with van der Waals surface area (Å²) in [6.45, 7) is 1.74. The van der Waals surface area contributed by atoms with Crippen LogP contribution in [0.2, 0.25) is 0 Å². The standard InChI is InChI=1S/C25H27F3N2O3/c26-25(27,28)20-9-7-18(8-10-20)16-33-29-23-6-4-5-19-15-21(11-12-22(19)23)32-17-24(31)30-13-2-1-3-14-30/h7-12,15H,1-6,13-14,16-17H2. The number of piperidine rings is 1. The molecule has 1 saturated heterocycles. The Kier molecular flexibility index (Phi) is 7.20. The zero-order chi connectivity index (χ0) is 23.3. The van der Waals surface area contributed by atoms with Crippen LogP contribution in [0, 0.1) is 0 Å². The van der Waals surface area contributed by atoms with Gasteiger partial charge in [-0.2, -0.15) is 13.2 Å². The molecule has 1 fully saturated rings. The lowest BCUT2D eigenvalue weighted by Gasteiger charge is -2.26. The third-order valence-electron chi connectivity index (χ3n) is 6.01. The van der Waals surface area contributed by atoms with Gasteiger partial charge in [0.2, 0.25) is 0 Å². The molecule has 0 bridgehead atoms. The van der Waals surface area contributed by atoms with Crippen molar-refractivity contribution in [1.82, 2.24) is 4.90 Å². The van der Waals surface area contributed by atoms with Gasteiger partial charge in [-0.25, -0.2) is 0 Å². The minimum absolute atomic E-state index is 0.0198. The third kappa shape index (κ3) is 6.06. The molecule has 2 aromatic rings. The first-order valence-electron chi connectivity index (χ1n) is 11.3. The summed E-state index contributed by atoms with van der Waals surface area (Å²) in [7, 11) is 0. The number of halogens is 3. The fourth-order valence-corrected chi connectivity index (χ4v) is 4.18. The molecule has 2 aliphatic rings. The largest absolute Gasteiger partial charge is 0.484 e. The molecule has 0 spiro atoms. The van der Waals surface area contributed by atoms with Gasteiger partial charge in [-0.05, 0) is 80.0 Å². The highest BCUT2D eigenvalue weighted by Gasteiger charge is 2.30. The molecule has 0 radical (unpaired) electrons. The summed E-state index contributed by atoms with van der Waals surface area (Å²) >= 11 is 0. The topological polar surface area (TPSA) is 51.1 Å². The van der Waals surface area contributed by atoms with Gasteiger partial charge in [0.05, 0.1) is 11.3 Å². The first-order valence-corrected chi connectivity index (χ1v) is 11.3. The van der Waals surface area contributed by atoms with Crippen molar-refractivity contribution in [3.05, 3.63) is 64.7 Å². The lowest BCUT2D eigenvalue weighted by molar-refractivity contribution is -0.137. The fraction of sp³-hybridized carbons (Fsp3) is 0.440. The molecule has 0 N–H and O–H groups in total. The van der Waals surface area contributed by atoms with E-state index in [1.165, 1.54) is 18.6 Å². The van der Waals surface area contributed by atoms with Crippen LogP contribution in [0.1, 0.15) is 54.4 Å². The number of ether oxygens (including phenoxy) is 1. The summed E-state index contributed by atoms with van der Waals surface area (Å²) in [6.07, 6.45) is 1.47. The highest BCUT2D eigenvalue weighted by molar-refractivity contribution is 6.02. The lowest BCUT2D eigenvalue weighted by atomic mass is 9.90. The maximum atomic E-state index is 12.7.